The number of carbonyl (C=O) groups is 1. The number of amides is 1. The highest BCUT2D eigenvalue weighted by atomic mass is 19.4. The van der Waals surface area contributed by atoms with E-state index >= 15 is 0 Å². The monoisotopic (exact) mass is 349 g/mol. The fraction of sp³-hybridized carbons (Fsp3) is 0.733. The molecule has 1 fully saturated rings. The minimum Gasteiger partial charge on any atom is -0.396 e. The van der Waals surface area contributed by atoms with E-state index in [0.29, 0.717) is 25.7 Å². The first-order valence-corrected chi connectivity index (χ1v) is 7.84. The van der Waals surface area contributed by atoms with Crippen LogP contribution in [0.15, 0.2) is 12.4 Å². The first-order valence-electron chi connectivity index (χ1n) is 7.84. The molecule has 1 aromatic heterocycles. The standard InChI is InChI=1S/C15H22F3N3O3/c1-21-7-6-19-13(21)14(24,15(16,17)18)8-12(23)20-11-4-2-10(9-22)3-5-11/h6-7,10-11,22,24H,2-5,8-9H2,1H3,(H,20,23). The van der Waals surface area contributed by atoms with Gasteiger partial charge in [0, 0.05) is 32.1 Å². The lowest BCUT2D eigenvalue weighted by Gasteiger charge is -2.31. The molecule has 1 aliphatic rings. The molecule has 0 saturated heterocycles. The predicted octanol–water partition coefficient (Wildman–Crippen LogP) is 1.23. The number of hydrogen-bond donors (Lipinski definition) is 3. The lowest BCUT2D eigenvalue weighted by atomic mass is 9.86. The summed E-state index contributed by atoms with van der Waals surface area (Å²) in [5, 5.41) is 21.8. The van der Waals surface area contributed by atoms with E-state index < -0.39 is 29.9 Å². The lowest BCUT2D eigenvalue weighted by Crippen LogP contribution is -2.49. The van der Waals surface area contributed by atoms with Crippen molar-refractivity contribution < 1.29 is 28.2 Å². The van der Waals surface area contributed by atoms with Crippen molar-refractivity contribution in [3.05, 3.63) is 18.2 Å². The summed E-state index contributed by atoms with van der Waals surface area (Å²) in [6.45, 7) is 0.0770. The maximum atomic E-state index is 13.4. The van der Waals surface area contributed by atoms with Crippen molar-refractivity contribution in [2.75, 3.05) is 6.61 Å². The van der Waals surface area contributed by atoms with Crippen molar-refractivity contribution in [2.24, 2.45) is 13.0 Å². The average molecular weight is 349 g/mol. The number of carbonyl (C=O) groups excluding carboxylic acids is 1. The lowest BCUT2D eigenvalue weighted by molar-refractivity contribution is -0.271. The van der Waals surface area contributed by atoms with Gasteiger partial charge in [0.25, 0.3) is 0 Å². The normalized spacial score (nSPS) is 24.4. The molecule has 0 radical (unpaired) electrons. The molecule has 1 aromatic rings. The Morgan fingerprint density at radius 2 is 2.00 bits per heavy atom. The highest BCUT2D eigenvalue weighted by Crippen LogP contribution is 2.40. The highest BCUT2D eigenvalue weighted by molar-refractivity contribution is 5.77. The van der Waals surface area contributed by atoms with Gasteiger partial charge in [-0.25, -0.2) is 4.98 Å². The van der Waals surface area contributed by atoms with Crippen molar-refractivity contribution in [3.8, 4) is 0 Å². The zero-order chi connectivity index (χ0) is 18.0. The second kappa shape index (κ2) is 7.10. The van der Waals surface area contributed by atoms with Crippen LogP contribution in [0, 0.1) is 5.92 Å². The molecule has 1 aliphatic carbocycles. The topological polar surface area (TPSA) is 87.4 Å². The van der Waals surface area contributed by atoms with Crippen molar-refractivity contribution in [1.29, 1.82) is 0 Å². The first-order chi connectivity index (χ1) is 11.2. The van der Waals surface area contributed by atoms with Crippen molar-refractivity contribution >= 4 is 5.91 Å². The average Bonchev–Trinajstić information content (AvgIpc) is 2.93. The van der Waals surface area contributed by atoms with E-state index in [0.717, 1.165) is 10.8 Å². The minimum absolute atomic E-state index is 0.0770. The van der Waals surface area contributed by atoms with Gasteiger partial charge < -0.3 is 20.1 Å². The summed E-state index contributed by atoms with van der Waals surface area (Å²) in [6.07, 6.45) is -1.12. The Labute approximate surface area is 137 Å². The predicted molar refractivity (Wildman–Crippen MR) is 78.8 cm³/mol. The molecular weight excluding hydrogens is 327 g/mol. The van der Waals surface area contributed by atoms with Crippen LogP contribution in [0.4, 0.5) is 13.2 Å². The summed E-state index contributed by atoms with van der Waals surface area (Å²) in [5.41, 5.74) is -3.34. The number of rotatable bonds is 5. The van der Waals surface area contributed by atoms with E-state index in [2.05, 4.69) is 10.3 Å². The van der Waals surface area contributed by atoms with Gasteiger partial charge in [-0.1, -0.05) is 0 Å². The summed E-state index contributed by atoms with van der Waals surface area (Å²) in [5.74, 6) is -1.31. The van der Waals surface area contributed by atoms with Crippen LogP contribution < -0.4 is 5.32 Å². The van der Waals surface area contributed by atoms with Gasteiger partial charge in [-0.2, -0.15) is 13.2 Å². The van der Waals surface area contributed by atoms with E-state index in [-0.39, 0.29) is 18.6 Å². The van der Waals surface area contributed by atoms with Gasteiger partial charge in [0.05, 0.1) is 6.42 Å². The van der Waals surface area contributed by atoms with E-state index in [9.17, 15) is 23.1 Å². The Morgan fingerprint density at radius 1 is 1.38 bits per heavy atom. The van der Waals surface area contributed by atoms with Gasteiger partial charge in [-0.15, -0.1) is 0 Å². The molecule has 9 heteroatoms. The molecule has 136 valence electrons. The molecule has 1 amide bonds. The number of aliphatic hydroxyl groups is 2. The second-order valence-electron chi connectivity index (χ2n) is 6.36. The second-order valence-corrected chi connectivity index (χ2v) is 6.36. The zero-order valence-corrected chi connectivity index (χ0v) is 13.4. The number of nitrogens with one attached hydrogen (secondary N) is 1. The fourth-order valence-corrected chi connectivity index (χ4v) is 3.07. The number of alkyl halides is 3. The van der Waals surface area contributed by atoms with Crippen LogP contribution in [0.3, 0.4) is 0 Å². The summed E-state index contributed by atoms with van der Waals surface area (Å²) < 4.78 is 41.2. The number of halogens is 3. The molecule has 3 N–H and O–H groups in total. The van der Waals surface area contributed by atoms with Crippen LogP contribution in [0.25, 0.3) is 0 Å². The van der Waals surface area contributed by atoms with Gasteiger partial charge >= 0.3 is 6.18 Å². The number of aliphatic hydroxyl groups excluding tert-OH is 1. The molecule has 0 aromatic carbocycles. The maximum absolute atomic E-state index is 13.4. The van der Waals surface area contributed by atoms with Crippen molar-refractivity contribution in [2.45, 2.75) is 49.9 Å². The number of nitrogens with zero attached hydrogens (tertiary/aromatic N) is 2. The molecule has 2 rings (SSSR count). The fourth-order valence-electron chi connectivity index (χ4n) is 3.07. The third-order valence-electron chi connectivity index (χ3n) is 4.55. The number of aromatic nitrogens is 2. The summed E-state index contributed by atoms with van der Waals surface area (Å²) in [7, 11) is 1.33. The molecule has 1 heterocycles. The van der Waals surface area contributed by atoms with Gasteiger partial charge in [0.15, 0.2) is 5.82 Å². The Kier molecular flexibility index (Phi) is 5.54. The Balaban J connectivity index is 2.05. The third-order valence-corrected chi connectivity index (χ3v) is 4.55. The van der Waals surface area contributed by atoms with Gasteiger partial charge in [0.1, 0.15) is 0 Å². The Hall–Kier alpha value is -1.61. The number of aryl methyl sites for hydroxylation is 1. The first kappa shape index (κ1) is 18.7. The van der Waals surface area contributed by atoms with Crippen LogP contribution in [0.5, 0.6) is 0 Å². The summed E-state index contributed by atoms with van der Waals surface area (Å²) in [4.78, 5) is 15.6. The van der Waals surface area contributed by atoms with E-state index in [4.69, 9.17) is 5.11 Å². The highest BCUT2D eigenvalue weighted by Gasteiger charge is 2.58. The Bertz CT molecular complexity index is 568. The van der Waals surface area contributed by atoms with Crippen LogP contribution in [-0.4, -0.2) is 44.5 Å². The summed E-state index contributed by atoms with van der Waals surface area (Å²) in [6, 6.07) is -0.237. The van der Waals surface area contributed by atoms with Crippen LogP contribution in [-0.2, 0) is 17.4 Å². The van der Waals surface area contributed by atoms with Gasteiger partial charge in [0.2, 0.25) is 11.5 Å². The van der Waals surface area contributed by atoms with E-state index in [1.165, 1.54) is 13.2 Å². The van der Waals surface area contributed by atoms with Gasteiger partial charge in [-0.3, -0.25) is 4.79 Å². The number of imidazole rings is 1. The van der Waals surface area contributed by atoms with E-state index in [1.807, 2.05) is 0 Å². The molecule has 0 bridgehead atoms. The molecule has 1 atom stereocenters. The zero-order valence-electron chi connectivity index (χ0n) is 13.4. The summed E-state index contributed by atoms with van der Waals surface area (Å²) >= 11 is 0. The third kappa shape index (κ3) is 3.89. The largest absolute Gasteiger partial charge is 0.425 e. The minimum atomic E-state index is -5.03. The molecule has 1 unspecified atom stereocenters. The van der Waals surface area contributed by atoms with E-state index in [1.54, 1.807) is 0 Å². The van der Waals surface area contributed by atoms with Crippen LogP contribution >= 0.6 is 0 Å². The molecule has 0 spiro atoms. The van der Waals surface area contributed by atoms with Crippen LogP contribution in [0.2, 0.25) is 0 Å². The quantitative estimate of drug-likeness (QED) is 0.746. The maximum Gasteiger partial charge on any atom is 0.425 e. The smallest absolute Gasteiger partial charge is 0.396 e. The molecule has 24 heavy (non-hydrogen) atoms. The molecule has 1 saturated carbocycles. The molecular formula is C15H22F3N3O3. The van der Waals surface area contributed by atoms with Crippen molar-refractivity contribution in [3.63, 3.8) is 0 Å². The van der Waals surface area contributed by atoms with Crippen molar-refractivity contribution in [1.82, 2.24) is 14.9 Å². The molecule has 6 nitrogen and oxygen atoms in total. The molecule has 0 aliphatic heterocycles. The number of hydrogen-bond acceptors (Lipinski definition) is 4. The SMILES string of the molecule is Cn1ccnc1C(O)(CC(=O)NC1CCC(CO)CC1)C(F)(F)F. The van der Waals surface area contributed by atoms with Crippen LogP contribution in [0.1, 0.15) is 37.9 Å². The Morgan fingerprint density at radius 3 is 2.46 bits per heavy atom. The van der Waals surface area contributed by atoms with Gasteiger partial charge in [-0.05, 0) is 31.6 Å².